The average Bonchev–Trinajstić information content (AvgIpc) is 3.06. The molecule has 0 aromatic carbocycles. The van der Waals surface area contributed by atoms with E-state index in [0.29, 0.717) is 17.1 Å². The van der Waals surface area contributed by atoms with Crippen molar-refractivity contribution in [1.82, 2.24) is 15.0 Å². The van der Waals surface area contributed by atoms with Crippen molar-refractivity contribution < 1.29 is 4.42 Å². The van der Waals surface area contributed by atoms with Crippen LogP contribution >= 0.6 is 11.3 Å². The Morgan fingerprint density at radius 2 is 2.30 bits per heavy atom. The van der Waals surface area contributed by atoms with E-state index in [9.17, 15) is 0 Å². The van der Waals surface area contributed by atoms with Crippen LogP contribution in [0.3, 0.4) is 0 Å². The maximum Gasteiger partial charge on any atom is 0.252 e. The lowest BCUT2D eigenvalue weighted by Gasteiger charge is -2.17. The number of hydrogen-bond donors (Lipinski definition) is 1. The van der Waals surface area contributed by atoms with Gasteiger partial charge in [0.1, 0.15) is 6.33 Å². The minimum atomic E-state index is 0.245. The van der Waals surface area contributed by atoms with Gasteiger partial charge in [-0.15, -0.1) is 11.3 Å². The monoisotopic (exact) mass is 288 g/mol. The predicted octanol–water partition coefficient (Wildman–Crippen LogP) is 3.94. The first kappa shape index (κ1) is 13.1. The van der Waals surface area contributed by atoms with E-state index in [0.717, 1.165) is 18.7 Å². The van der Waals surface area contributed by atoms with Crippen molar-refractivity contribution >= 4 is 28.4 Å². The van der Waals surface area contributed by atoms with Crippen molar-refractivity contribution in [3.63, 3.8) is 0 Å². The van der Waals surface area contributed by atoms with Gasteiger partial charge in [0.05, 0.1) is 6.04 Å². The molecule has 3 heterocycles. The Labute approximate surface area is 121 Å². The van der Waals surface area contributed by atoms with Gasteiger partial charge in [0.25, 0.3) is 5.71 Å². The quantitative estimate of drug-likeness (QED) is 0.770. The molecule has 0 radical (unpaired) electrons. The number of thiophene rings is 1. The van der Waals surface area contributed by atoms with Gasteiger partial charge < -0.3 is 9.73 Å². The maximum absolute atomic E-state index is 5.44. The number of aromatic nitrogens is 3. The molecule has 3 rings (SSSR count). The Balaban J connectivity index is 1.94. The van der Waals surface area contributed by atoms with Gasteiger partial charge in [0, 0.05) is 11.8 Å². The Morgan fingerprint density at radius 3 is 3.05 bits per heavy atom. The molecule has 20 heavy (non-hydrogen) atoms. The minimum Gasteiger partial charge on any atom is -0.422 e. The number of oxazole rings is 1. The Kier molecular flexibility index (Phi) is 3.64. The van der Waals surface area contributed by atoms with Crippen molar-refractivity contribution in [2.24, 2.45) is 0 Å². The van der Waals surface area contributed by atoms with E-state index >= 15 is 0 Å². The number of hydrogen-bond acceptors (Lipinski definition) is 6. The van der Waals surface area contributed by atoms with Crippen LogP contribution in [0, 0.1) is 6.92 Å². The van der Waals surface area contributed by atoms with E-state index in [4.69, 9.17) is 4.42 Å². The van der Waals surface area contributed by atoms with E-state index in [1.54, 1.807) is 11.3 Å². The lowest BCUT2D eigenvalue weighted by molar-refractivity contribution is 0.551. The molecule has 0 aliphatic carbocycles. The summed E-state index contributed by atoms with van der Waals surface area (Å²) in [5.74, 6) is 1.34. The smallest absolute Gasteiger partial charge is 0.252 e. The third-order valence-corrected chi connectivity index (χ3v) is 4.06. The van der Waals surface area contributed by atoms with Gasteiger partial charge >= 0.3 is 0 Å². The highest BCUT2D eigenvalue weighted by Crippen LogP contribution is 2.29. The van der Waals surface area contributed by atoms with Crippen LogP contribution < -0.4 is 5.32 Å². The molecular formula is C14H16N4OS. The van der Waals surface area contributed by atoms with Gasteiger partial charge in [-0.3, -0.25) is 0 Å². The zero-order valence-corrected chi connectivity index (χ0v) is 12.3. The molecule has 0 unspecified atom stereocenters. The summed E-state index contributed by atoms with van der Waals surface area (Å²) in [6, 6.07) is 4.46. The topological polar surface area (TPSA) is 63.8 Å². The molecule has 0 amide bonds. The molecule has 0 aliphatic rings. The van der Waals surface area contributed by atoms with E-state index in [2.05, 4.69) is 44.7 Å². The second kappa shape index (κ2) is 5.58. The summed E-state index contributed by atoms with van der Waals surface area (Å²) in [6.45, 7) is 3.99. The fourth-order valence-electron chi connectivity index (χ4n) is 2.19. The summed E-state index contributed by atoms with van der Waals surface area (Å²) >= 11 is 1.75. The van der Waals surface area contributed by atoms with E-state index < -0.39 is 0 Å². The largest absolute Gasteiger partial charge is 0.422 e. The number of aryl methyl sites for hydroxylation is 1. The fraction of sp³-hybridized carbons (Fsp3) is 0.357. The average molecular weight is 288 g/mol. The highest BCUT2D eigenvalue weighted by atomic mass is 32.1. The number of rotatable bonds is 5. The van der Waals surface area contributed by atoms with E-state index in [1.165, 1.54) is 11.2 Å². The Bertz CT molecular complexity index is 692. The molecule has 0 bridgehead atoms. The fourth-order valence-corrected chi connectivity index (χ4v) is 3.01. The second-order valence-corrected chi connectivity index (χ2v) is 5.59. The highest BCUT2D eigenvalue weighted by Gasteiger charge is 2.16. The third-order valence-electron chi connectivity index (χ3n) is 3.08. The molecule has 3 aromatic rings. The predicted molar refractivity (Wildman–Crippen MR) is 79.9 cm³/mol. The molecule has 5 nitrogen and oxygen atoms in total. The van der Waals surface area contributed by atoms with Crippen LogP contribution in [-0.2, 0) is 0 Å². The van der Waals surface area contributed by atoms with Crippen molar-refractivity contribution in [3.8, 4) is 0 Å². The summed E-state index contributed by atoms with van der Waals surface area (Å²) in [4.78, 5) is 14.1. The van der Waals surface area contributed by atoms with Crippen LogP contribution in [0.2, 0.25) is 0 Å². The maximum atomic E-state index is 5.44. The van der Waals surface area contributed by atoms with Gasteiger partial charge in [-0.25, -0.2) is 9.97 Å². The summed E-state index contributed by atoms with van der Waals surface area (Å²) in [7, 11) is 0. The molecule has 1 atom stereocenters. The number of nitrogens with one attached hydrogen (secondary N) is 1. The summed E-state index contributed by atoms with van der Waals surface area (Å²) < 4.78 is 5.44. The molecule has 6 heteroatoms. The zero-order chi connectivity index (χ0) is 13.9. The van der Waals surface area contributed by atoms with Crippen LogP contribution in [0.4, 0.5) is 5.82 Å². The van der Waals surface area contributed by atoms with Gasteiger partial charge in [0.15, 0.2) is 17.2 Å². The molecule has 0 aliphatic heterocycles. The molecule has 0 fully saturated rings. The molecule has 104 valence electrons. The van der Waals surface area contributed by atoms with Crippen LogP contribution in [0.15, 0.2) is 28.3 Å². The van der Waals surface area contributed by atoms with E-state index in [-0.39, 0.29) is 6.04 Å². The first-order valence-corrected chi connectivity index (χ1v) is 7.54. The second-order valence-electron chi connectivity index (χ2n) is 4.61. The van der Waals surface area contributed by atoms with Crippen LogP contribution in [0.1, 0.15) is 36.6 Å². The van der Waals surface area contributed by atoms with Crippen molar-refractivity contribution in [3.05, 3.63) is 34.6 Å². The molecular weight excluding hydrogens is 272 g/mol. The van der Waals surface area contributed by atoms with Gasteiger partial charge in [-0.2, -0.15) is 4.98 Å². The molecule has 0 saturated heterocycles. The molecule has 0 spiro atoms. The molecule has 0 saturated carbocycles. The lowest BCUT2D eigenvalue weighted by atomic mass is 10.1. The van der Waals surface area contributed by atoms with Gasteiger partial charge in [-0.1, -0.05) is 19.4 Å². The Morgan fingerprint density at radius 1 is 1.40 bits per heavy atom. The molecule has 1 N–H and O–H groups in total. The minimum absolute atomic E-state index is 0.245. The SMILES string of the molecule is CCC[C@@H](Nc1ncnc2oc(C)nc12)c1cccs1. The van der Waals surface area contributed by atoms with Crippen LogP contribution in [-0.4, -0.2) is 15.0 Å². The number of fused-ring (bicyclic) bond motifs is 1. The van der Waals surface area contributed by atoms with E-state index in [1.807, 2.05) is 6.92 Å². The van der Waals surface area contributed by atoms with Gasteiger partial charge in [-0.05, 0) is 17.9 Å². The highest BCUT2D eigenvalue weighted by molar-refractivity contribution is 7.10. The lowest BCUT2D eigenvalue weighted by Crippen LogP contribution is -2.10. The van der Waals surface area contributed by atoms with Crippen LogP contribution in [0.25, 0.3) is 11.2 Å². The number of nitrogens with zero attached hydrogens (tertiary/aromatic N) is 3. The third kappa shape index (κ3) is 2.51. The first-order chi connectivity index (χ1) is 9.78. The van der Waals surface area contributed by atoms with Gasteiger partial charge in [0.2, 0.25) is 0 Å². The van der Waals surface area contributed by atoms with Crippen LogP contribution in [0.5, 0.6) is 0 Å². The zero-order valence-electron chi connectivity index (χ0n) is 11.5. The Hall–Kier alpha value is -1.95. The van der Waals surface area contributed by atoms with Crippen molar-refractivity contribution in [2.75, 3.05) is 5.32 Å². The standard InChI is InChI=1S/C14H16N4OS/c1-3-5-10(11-6-4-7-20-11)18-13-12-14(16-8-15-13)19-9(2)17-12/h4,6-8,10H,3,5H2,1-2H3,(H,15,16,18)/t10-/m1/s1. The summed E-state index contributed by atoms with van der Waals surface area (Å²) in [6.07, 6.45) is 3.65. The van der Waals surface area contributed by atoms with Crippen molar-refractivity contribution in [2.45, 2.75) is 32.7 Å². The normalized spacial score (nSPS) is 12.7. The molecule has 3 aromatic heterocycles. The first-order valence-electron chi connectivity index (χ1n) is 6.66. The number of anilines is 1. The van der Waals surface area contributed by atoms with Crippen molar-refractivity contribution in [1.29, 1.82) is 0 Å². The summed E-state index contributed by atoms with van der Waals surface area (Å²) in [5.41, 5.74) is 1.23. The summed E-state index contributed by atoms with van der Waals surface area (Å²) in [5, 5.41) is 5.57.